The zero-order valence-corrected chi connectivity index (χ0v) is 21.3. The molecule has 188 valence electrons. The number of nitrogens with one attached hydrogen (secondary N) is 2. The third-order valence-electron chi connectivity index (χ3n) is 6.91. The van der Waals surface area contributed by atoms with Crippen molar-refractivity contribution in [2.75, 3.05) is 19.6 Å². The van der Waals surface area contributed by atoms with Crippen LogP contribution in [-0.2, 0) is 17.8 Å². The summed E-state index contributed by atoms with van der Waals surface area (Å²) in [7, 11) is 0. The Bertz CT molecular complexity index is 1180. The Hall–Kier alpha value is -2.84. The van der Waals surface area contributed by atoms with Crippen LogP contribution in [0.5, 0.6) is 5.75 Å². The minimum Gasteiger partial charge on any atom is -0.506 e. The van der Waals surface area contributed by atoms with Crippen molar-refractivity contribution in [1.82, 2.24) is 15.2 Å². The van der Waals surface area contributed by atoms with Crippen molar-refractivity contribution in [2.24, 2.45) is 5.41 Å². The number of thiazole rings is 1. The second-order valence-corrected chi connectivity index (χ2v) is 11.1. The van der Waals surface area contributed by atoms with E-state index in [0.717, 1.165) is 40.0 Å². The first-order valence-electron chi connectivity index (χ1n) is 12.3. The Balaban J connectivity index is 1.39. The van der Waals surface area contributed by atoms with Gasteiger partial charge in [0.2, 0.25) is 0 Å². The van der Waals surface area contributed by atoms with Crippen LogP contribution in [0.4, 0.5) is 4.79 Å². The van der Waals surface area contributed by atoms with Gasteiger partial charge in [0.05, 0.1) is 4.70 Å². The van der Waals surface area contributed by atoms with Crippen LogP contribution in [0.15, 0.2) is 47.3 Å². The highest BCUT2D eigenvalue weighted by Crippen LogP contribution is 2.35. The second kappa shape index (κ2) is 11.3. The first-order valence-corrected chi connectivity index (χ1v) is 13.1. The lowest BCUT2D eigenvalue weighted by molar-refractivity contribution is 0.0959. The number of aromatic nitrogens is 1. The zero-order chi connectivity index (χ0) is 24.8. The summed E-state index contributed by atoms with van der Waals surface area (Å²) in [5.74, 6) is 0.0566. The van der Waals surface area contributed by atoms with Gasteiger partial charge in [-0.2, -0.15) is 0 Å². The molecule has 0 bridgehead atoms. The van der Waals surface area contributed by atoms with Crippen LogP contribution in [0.2, 0.25) is 0 Å². The van der Waals surface area contributed by atoms with E-state index >= 15 is 0 Å². The molecule has 0 saturated heterocycles. The number of amides is 1. The standard InChI is InChI=1S/C27H35N3O4S/c1-27(2)13-10-21(11-14-27)28-15-17-30(26(33)34-18-19-6-4-3-5-7-19)16-12-20-8-9-22(31)23-24(20)35-25(32)29-23/h3-9,21,28,31H,10-18H2,1-2H3,(H,29,32). The largest absolute Gasteiger partial charge is 0.506 e. The van der Waals surface area contributed by atoms with Gasteiger partial charge in [0.25, 0.3) is 0 Å². The van der Waals surface area contributed by atoms with Crippen molar-refractivity contribution in [3.8, 4) is 5.75 Å². The lowest BCUT2D eigenvalue weighted by Crippen LogP contribution is -2.42. The van der Waals surface area contributed by atoms with Crippen LogP contribution in [-0.4, -0.2) is 46.8 Å². The predicted octanol–water partition coefficient (Wildman–Crippen LogP) is 5.03. The number of benzene rings is 2. The number of fused-ring (bicyclic) bond motifs is 1. The molecule has 0 atom stereocenters. The monoisotopic (exact) mass is 497 g/mol. The highest BCUT2D eigenvalue weighted by molar-refractivity contribution is 7.16. The molecule has 1 aromatic heterocycles. The number of carbonyl (C=O) groups is 1. The maximum Gasteiger partial charge on any atom is 0.410 e. The van der Waals surface area contributed by atoms with Gasteiger partial charge in [-0.1, -0.05) is 61.6 Å². The van der Waals surface area contributed by atoms with E-state index in [9.17, 15) is 14.7 Å². The van der Waals surface area contributed by atoms with Gasteiger partial charge in [0, 0.05) is 25.7 Å². The highest BCUT2D eigenvalue weighted by Gasteiger charge is 2.26. The van der Waals surface area contributed by atoms with E-state index in [0.29, 0.717) is 43.0 Å². The molecule has 1 aliphatic rings. The number of aromatic amines is 1. The van der Waals surface area contributed by atoms with Crippen LogP contribution >= 0.6 is 11.3 Å². The lowest BCUT2D eigenvalue weighted by Gasteiger charge is -2.35. The van der Waals surface area contributed by atoms with Gasteiger partial charge in [-0.3, -0.25) is 4.79 Å². The third-order valence-corrected chi connectivity index (χ3v) is 7.87. The first-order chi connectivity index (χ1) is 16.8. The maximum atomic E-state index is 13.0. The van der Waals surface area contributed by atoms with Crippen molar-refractivity contribution in [3.05, 3.63) is 63.3 Å². The lowest BCUT2D eigenvalue weighted by atomic mass is 9.75. The summed E-state index contributed by atoms with van der Waals surface area (Å²) in [4.78, 5) is 29.1. The summed E-state index contributed by atoms with van der Waals surface area (Å²) in [6, 6.07) is 13.5. The Morgan fingerprint density at radius 3 is 2.66 bits per heavy atom. The fraction of sp³-hybridized carbons (Fsp3) is 0.481. The molecule has 3 N–H and O–H groups in total. The molecule has 0 aliphatic heterocycles. The predicted molar refractivity (Wildman–Crippen MR) is 140 cm³/mol. The van der Waals surface area contributed by atoms with Crippen molar-refractivity contribution >= 4 is 27.6 Å². The van der Waals surface area contributed by atoms with Gasteiger partial charge in [0.15, 0.2) is 0 Å². The minimum absolute atomic E-state index is 0.0566. The average Bonchev–Trinajstić information content (AvgIpc) is 3.25. The number of nitrogens with zero attached hydrogens (tertiary/aromatic N) is 1. The summed E-state index contributed by atoms with van der Waals surface area (Å²) in [6.07, 6.45) is 4.95. The van der Waals surface area contributed by atoms with E-state index in [2.05, 4.69) is 24.1 Å². The van der Waals surface area contributed by atoms with Crippen LogP contribution < -0.4 is 10.2 Å². The Morgan fingerprint density at radius 1 is 1.17 bits per heavy atom. The molecule has 4 rings (SSSR count). The number of rotatable bonds is 9. The maximum absolute atomic E-state index is 13.0. The van der Waals surface area contributed by atoms with E-state index in [4.69, 9.17) is 4.74 Å². The average molecular weight is 498 g/mol. The van der Waals surface area contributed by atoms with E-state index in [-0.39, 0.29) is 23.3 Å². The SMILES string of the molecule is CC1(C)CCC(NCCN(CCc2ccc(O)c3[nH]c(=O)sc23)C(=O)OCc2ccccc2)CC1. The number of ether oxygens (including phenoxy) is 1. The van der Waals surface area contributed by atoms with Gasteiger partial charge in [-0.05, 0) is 54.7 Å². The Kier molecular flexibility index (Phi) is 8.13. The summed E-state index contributed by atoms with van der Waals surface area (Å²) in [5.41, 5.74) is 2.74. The topological polar surface area (TPSA) is 94.7 Å². The van der Waals surface area contributed by atoms with Crippen LogP contribution in [0.3, 0.4) is 0 Å². The molecule has 1 heterocycles. The minimum atomic E-state index is -0.349. The van der Waals surface area contributed by atoms with E-state index in [1.165, 1.54) is 12.8 Å². The van der Waals surface area contributed by atoms with Crippen LogP contribution in [0.1, 0.15) is 50.7 Å². The molecule has 1 amide bonds. The summed E-state index contributed by atoms with van der Waals surface area (Å²) in [6.45, 7) is 6.58. The molecule has 2 aromatic carbocycles. The molecule has 1 aliphatic carbocycles. The molecule has 8 heteroatoms. The number of hydrogen-bond acceptors (Lipinski definition) is 6. The van der Waals surface area contributed by atoms with Crippen molar-refractivity contribution in [2.45, 2.75) is 58.6 Å². The summed E-state index contributed by atoms with van der Waals surface area (Å²) in [5, 5.41) is 13.7. The van der Waals surface area contributed by atoms with Gasteiger partial charge < -0.3 is 25.0 Å². The van der Waals surface area contributed by atoms with E-state index in [1.807, 2.05) is 36.4 Å². The van der Waals surface area contributed by atoms with Gasteiger partial charge >= 0.3 is 11.0 Å². The molecule has 3 aromatic rings. The summed E-state index contributed by atoms with van der Waals surface area (Å²) >= 11 is 1.08. The molecule has 35 heavy (non-hydrogen) atoms. The molecule has 1 fully saturated rings. The number of phenols is 1. The highest BCUT2D eigenvalue weighted by atomic mass is 32.1. The molecule has 0 unspecified atom stereocenters. The molecule has 7 nitrogen and oxygen atoms in total. The number of aromatic hydroxyl groups is 1. The fourth-order valence-electron chi connectivity index (χ4n) is 4.64. The zero-order valence-electron chi connectivity index (χ0n) is 20.5. The van der Waals surface area contributed by atoms with Crippen molar-refractivity contribution in [1.29, 1.82) is 0 Å². The second-order valence-electron chi connectivity index (χ2n) is 10.1. The van der Waals surface area contributed by atoms with Gasteiger partial charge in [-0.25, -0.2) is 4.79 Å². The number of H-pyrrole nitrogens is 1. The van der Waals surface area contributed by atoms with Crippen molar-refractivity contribution in [3.63, 3.8) is 0 Å². The van der Waals surface area contributed by atoms with Crippen LogP contribution in [0.25, 0.3) is 10.2 Å². The number of hydrogen-bond donors (Lipinski definition) is 3. The molecular formula is C27H35N3O4S. The van der Waals surface area contributed by atoms with Crippen molar-refractivity contribution < 1.29 is 14.6 Å². The normalized spacial score (nSPS) is 15.8. The summed E-state index contributed by atoms with van der Waals surface area (Å²) < 4.78 is 6.36. The van der Waals surface area contributed by atoms with Gasteiger partial charge in [0.1, 0.15) is 17.9 Å². The smallest absolute Gasteiger partial charge is 0.410 e. The quantitative estimate of drug-likeness (QED) is 0.385. The molecular weight excluding hydrogens is 462 g/mol. The van der Waals surface area contributed by atoms with E-state index < -0.39 is 0 Å². The van der Waals surface area contributed by atoms with E-state index in [1.54, 1.807) is 11.0 Å². The molecule has 0 radical (unpaired) electrons. The molecule has 0 spiro atoms. The third kappa shape index (κ3) is 6.86. The first kappa shape index (κ1) is 25.3. The number of phenolic OH excluding ortho intramolecular Hbond substituents is 1. The Labute approximate surface area is 210 Å². The fourth-order valence-corrected chi connectivity index (χ4v) is 5.53. The Morgan fingerprint density at radius 2 is 1.91 bits per heavy atom. The van der Waals surface area contributed by atoms with Gasteiger partial charge in [-0.15, -0.1) is 0 Å². The number of carbonyl (C=O) groups excluding carboxylic acids is 1. The van der Waals surface area contributed by atoms with Crippen LogP contribution in [0, 0.1) is 5.41 Å². The molecule has 1 saturated carbocycles.